The number of pyridine rings is 1. The van der Waals surface area contributed by atoms with E-state index in [-0.39, 0.29) is 0 Å². The van der Waals surface area contributed by atoms with Crippen molar-refractivity contribution in [1.29, 1.82) is 0 Å². The summed E-state index contributed by atoms with van der Waals surface area (Å²) in [6, 6.07) is 11.3. The molecule has 0 saturated heterocycles. The van der Waals surface area contributed by atoms with E-state index in [0.717, 1.165) is 21.7 Å². The zero-order chi connectivity index (χ0) is 13.8. The molecule has 1 N–H and O–H groups in total. The Morgan fingerprint density at radius 1 is 1.00 bits per heavy atom. The Balaban J connectivity index is 2.18. The lowest BCUT2D eigenvalue weighted by molar-refractivity contribution is -0.894. The smallest absolute Gasteiger partial charge is 0.378 e. The first-order chi connectivity index (χ1) is 9.06. The second kappa shape index (κ2) is 5.48. The Labute approximate surface area is 112 Å². The lowest BCUT2D eigenvalue weighted by atomic mass is 10.3. The fourth-order valence-corrected chi connectivity index (χ4v) is 1.59. The average molecular weight is 257 g/mol. The van der Waals surface area contributed by atoms with Crippen molar-refractivity contribution in [2.24, 2.45) is 10.2 Å². The van der Waals surface area contributed by atoms with E-state index < -0.39 is 0 Å². The molecule has 1 aromatic heterocycles. The number of aryl methyl sites for hydroxylation is 1. The van der Waals surface area contributed by atoms with Crippen LogP contribution in [0.25, 0.3) is 0 Å². The lowest BCUT2D eigenvalue weighted by Gasteiger charge is -2.11. The van der Waals surface area contributed by atoms with Gasteiger partial charge in [-0.1, -0.05) is 0 Å². The van der Waals surface area contributed by atoms with Crippen molar-refractivity contribution in [1.82, 2.24) is 0 Å². The Bertz CT molecular complexity index is 591. The van der Waals surface area contributed by atoms with Crippen LogP contribution in [0.4, 0.5) is 17.2 Å². The first-order valence-corrected chi connectivity index (χ1v) is 5.97. The molecule has 2 aromatic rings. The molecule has 98 valence electrons. The molecular weight excluding hydrogens is 240 g/mol. The lowest BCUT2D eigenvalue weighted by Crippen LogP contribution is -2.29. The van der Waals surface area contributed by atoms with Crippen LogP contribution in [-0.2, 0) is 0 Å². The van der Waals surface area contributed by atoms with Crippen LogP contribution in [0.1, 0.15) is 5.56 Å². The Morgan fingerprint density at radius 3 is 2.26 bits per heavy atom. The van der Waals surface area contributed by atoms with Crippen molar-refractivity contribution in [3.8, 4) is 0 Å². The molecule has 0 radical (unpaired) electrons. The second-order valence-electron chi connectivity index (χ2n) is 4.52. The van der Waals surface area contributed by atoms with Gasteiger partial charge in [-0.3, -0.25) is 0 Å². The highest BCUT2D eigenvalue weighted by atomic mass is 16.5. The third-order valence-electron chi connectivity index (χ3n) is 2.69. The Kier molecular flexibility index (Phi) is 3.75. The maximum Gasteiger partial charge on any atom is 0.388 e. The van der Waals surface area contributed by atoms with E-state index in [9.17, 15) is 5.21 Å². The van der Waals surface area contributed by atoms with Gasteiger partial charge < -0.3 is 10.1 Å². The number of aromatic nitrogens is 1. The van der Waals surface area contributed by atoms with Crippen molar-refractivity contribution < 1.29 is 9.94 Å². The molecule has 1 heterocycles. The molecule has 19 heavy (non-hydrogen) atoms. The Hall–Kier alpha value is -2.43. The maximum atomic E-state index is 9.64. The molecule has 1 aromatic carbocycles. The number of hydrogen-bond acceptors (Lipinski definition) is 4. The minimum atomic E-state index is 0.391. The van der Waals surface area contributed by atoms with Crippen LogP contribution in [0.3, 0.4) is 0 Å². The van der Waals surface area contributed by atoms with Gasteiger partial charge in [-0.2, -0.15) is 0 Å². The summed E-state index contributed by atoms with van der Waals surface area (Å²) < 4.78 is 0.965. The topological polar surface area (TPSA) is 52.1 Å². The average Bonchev–Trinajstić information content (AvgIpc) is 2.38. The first-order valence-electron chi connectivity index (χ1n) is 5.97. The van der Waals surface area contributed by atoms with Crippen molar-refractivity contribution in [3.05, 3.63) is 48.2 Å². The van der Waals surface area contributed by atoms with Crippen LogP contribution in [0.5, 0.6) is 0 Å². The molecule has 0 unspecified atom stereocenters. The third kappa shape index (κ3) is 3.28. The van der Waals surface area contributed by atoms with Crippen LogP contribution in [0.2, 0.25) is 0 Å². The highest BCUT2D eigenvalue weighted by molar-refractivity contribution is 5.51. The van der Waals surface area contributed by atoms with Gasteiger partial charge in [-0.25, -0.2) is 0 Å². The molecule has 0 aliphatic heterocycles. The number of nitrogens with zero attached hydrogens (tertiary/aromatic N) is 4. The predicted molar refractivity (Wildman–Crippen MR) is 73.5 cm³/mol. The normalized spacial score (nSPS) is 10.9. The molecule has 5 nitrogen and oxygen atoms in total. The quantitative estimate of drug-likeness (QED) is 0.522. The minimum absolute atomic E-state index is 0.391. The summed E-state index contributed by atoms with van der Waals surface area (Å²) in [4.78, 5) is 2.02. The van der Waals surface area contributed by atoms with Gasteiger partial charge in [-0.15, -0.1) is 0 Å². The number of azo groups is 1. The van der Waals surface area contributed by atoms with Crippen molar-refractivity contribution in [2.45, 2.75) is 6.92 Å². The van der Waals surface area contributed by atoms with Crippen LogP contribution in [0.15, 0.2) is 52.8 Å². The molecule has 0 saturated carbocycles. The molecule has 0 aliphatic carbocycles. The highest BCUT2D eigenvalue weighted by Gasteiger charge is 2.08. The number of anilines is 1. The van der Waals surface area contributed by atoms with Gasteiger partial charge in [0, 0.05) is 25.8 Å². The molecule has 0 aliphatic rings. The first kappa shape index (κ1) is 13.0. The standard InChI is InChI=1S/C14H17N4O/c1-11-4-9-14(18(19)10-11)16-15-12-5-7-13(8-6-12)17(2)3/h4-10,19H,1-3H3/q+1. The molecular formula is C14H17N4O+. The fraction of sp³-hybridized carbons (Fsp3) is 0.214. The van der Waals surface area contributed by atoms with Crippen LogP contribution >= 0.6 is 0 Å². The van der Waals surface area contributed by atoms with Crippen LogP contribution in [0, 0.1) is 6.92 Å². The van der Waals surface area contributed by atoms with Gasteiger partial charge in [0.05, 0.1) is 5.11 Å². The summed E-state index contributed by atoms with van der Waals surface area (Å²) in [6.07, 6.45) is 1.59. The summed E-state index contributed by atoms with van der Waals surface area (Å²) in [5.41, 5.74) is 2.80. The third-order valence-corrected chi connectivity index (χ3v) is 2.69. The highest BCUT2D eigenvalue weighted by Crippen LogP contribution is 2.19. The maximum absolute atomic E-state index is 9.64. The van der Waals surface area contributed by atoms with Gasteiger partial charge in [0.2, 0.25) is 0 Å². The van der Waals surface area contributed by atoms with E-state index in [1.807, 2.05) is 56.3 Å². The van der Waals surface area contributed by atoms with Crippen molar-refractivity contribution >= 4 is 17.2 Å². The molecule has 2 rings (SSSR count). The van der Waals surface area contributed by atoms with Crippen molar-refractivity contribution in [3.63, 3.8) is 0 Å². The molecule has 0 bridgehead atoms. The number of rotatable bonds is 3. The Morgan fingerprint density at radius 2 is 1.68 bits per heavy atom. The summed E-state index contributed by atoms with van der Waals surface area (Å²) >= 11 is 0. The molecule has 0 fully saturated rings. The van der Waals surface area contributed by atoms with Crippen LogP contribution < -0.4 is 9.63 Å². The summed E-state index contributed by atoms with van der Waals surface area (Å²) in [6.45, 7) is 1.90. The fourth-order valence-electron chi connectivity index (χ4n) is 1.59. The van der Waals surface area contributed by atoms with Crippen molar-refractivity contribution in [2.75, 3.05) is 19.0 Å². The summed E-state index contributed by atoms with van der Waals surface area (Å²) in [5, 5.41) is 17.8. The zero-order valence-corrected chi connectivity index (χ0v) is 11.3. The van der Waals surface area contributed by atoms with E-state index in [2.05, 4.69) is 10.2 Å². The van der Waals surface area contributed by atoms with Gasteiger partial charge in [-0.05, 0) is 52.7 Å². The molecule has 5 heteroatoms. The minimum Gasteiger partial charge on any atom is -0.378 e. The van der Waals surface area contributed by atoms with Gasteiger partial charge in [0.1, 0.15) is 11.9 Å². The van der Waals surface area contributed by atoms with E-state index >= 15 is 0 Å². The zero-order valence-electron chi connectivity index (χ0n) is 11.3. The van der Waals surface area contributed by atoms with Crippen LogP contribution in [-0.4, -0.2) is 19.3 Å². The van der Waals surface area contributed by atoms with Gasteiger partial charge in [0.25, 0.3) is 0 Å². The summed E-state index contributed by atoms with van der Waals surface area (Å²) in [5.74, 6) is 0.391. The molecule has 0 amide bonds. The van der Waals surface area contributed by atoms with E-state index in [1.165, 1.54) is 0 Å². The second-order valence-corrected chi connectivity index (χ2v) is 4.52. The van der Waals surface area contributed by atoms with E-state index in [1.54, 1.807) is 12.3 Å². The molecule has 0 atom stereocenters. The molecule has 0 spiro atoms. The largest absolute Gasteiger partial charge is 0.388 e. The monoisotopic (exact) mass is 257 g/mol. The number of benzene rings is 1. The summed E-state index contributed by atoms with van der Waals surface area (Å²) in [7, 11) is 3.97. The van der Waals surface area contributed by atoms with Gasteiger partial charge in [0.15, 0.2) is 0 Å². The predicted octanol–water partition coefficient (Wildman–Crippen LogP) is 3.00. The number of hydrogen-bond donors (Lipinski definition) is 1. The van der Waals surface area contributed by atoms with E-state index in [0.29, 0.717) is 5.82 Å². The SMILES string of the molecule is Cc1ccc(N=Nc2ccc(N(C)C)cc2)[n+](O)c1. The van der Waals surface area contributed by atoms with E-state index in [4.69, 9.17) is 0 Å². The van der Waals surface area contributed by atoms with Gasteiger partial charge >= 0.3 is 5.82 Å².